The fourth-order valence-electron chi connectivity index (χ4n) is 1.77. The predicted molar refractivity (Wildman–Crippen MR) is 59.3 cm³/mol. The summed E-state index contributed by atoms with van der Waals surface area (Å²) in [7, 11) is 3.62. The average Bonchev–Trinajstić information content (AvgIpc) is 2.73. The highest BCUT2D eigenvalue weighted by Gasteiger charge is 2.20. The number of hydrogen-bond acceptors (Lipinski definition) is 3. The smallest absolute Gasteiger partial charge is 0.216 e. The number of hydrogen-bond donors (Lipinski definition) is 0. The summed E-state index contributed by atoms with van der Waals surface area (Å²) in [5.41, 5.74) is 2.73. The van der Waals surface area contributed by atoms with E-state index in [0.29, 0.717) is 11.3 Å². The zero-order chi connectivity index (χ0) is 11.9. The van der Waals surface area contributed by atoms with Gasteiger partial charge in [0, 0.05) is 26.0 Å². The van der Waals surface area contributed by atoms with Crippen LogP contribution in [-0.2, 0) is 14.1 Å². The first-order chi connectivity index (χ1) is 7.50. The minimum atomic E-state index is -0.0660. The molecule has 0 saturated heterocycles. The van der Waals surface area contributed by atoms with Gasteiger partial charge in [0.05, 0.1) is 11.3 Å². The van der Waals surface area contributed by atoms with E-state index in [0.717, 1.165) is 11.4 Å². The molecule has 0 fully saturated rings. The number of ketones is 1. The zero-order valence-electron chi connectivity index (χ0n) is 9.85. The Morgan fingerprint density at radius 2 is 1.94 bits per heavy atom. The third-order valence-corrected chi connectivity index (χ3v) is 2.68. The Kier molecular flexibility index (Phi) is 2.38. The fourth-order valence-corrected chi connectivity index (χ4v) is 1.77. The monoisotopic (exact) mass is 218 g/mol. The van der Waals surface area contributed by atoms with E-state index in [1.165, 1.54) is 0 Å². The molecule has 2 rings (SSSR count). The van der Waals surface area contributed by atoms with Crippen LogP contribution < -0.4 is 0 Å². The number of aromatic nitrogens is 4. The molecule has 16 heavy (non-hydrogen) atoms. The Balaban J connectivity index is 2.49. The van der Waals surface area contributed by atoms with Gasteiger partial charge in [0.2, 0.25) is 5.78 Å². The maximum absolute atomic E-state index is 12.2. The summed E-state index contributed by atoms with van der Waals surface area (Å²) in [4.78, 5) is 12.2. The molecule has 0 radical (unpaired) electrons. The number of nitrogens with zero attached hydrogens (tertiary/aromatic N) is 4. The molecule has 84 valence electrons. The third kappa shape index (κ3) is 1.54. The largest absolute Gasteiger partial charge is 0.287 e. The van der Waals surface area contributed by atoms with Crippen molar-refractivity contribution in [3.8, 4) is 0 Å². The van der Waals surface area contributed by atoms with Crippen molar-refractivity contribution in [3.05, 3.63) is 34.9 Å². The van der Waals surface area contributed by atoms with Gasteiger partial charge in [-0.25, -0.2) is 0 Å². The van der Waals surface area contributed by atoms with E-state index in [9.17, 15) is 4.79 Å². The molecule has 0 spiro atoms. The van der Waals surface area contributed by atoms with Crippen LogP contribution in [0.4, 0.5) is 0 Å². The topological polar surface area (TPSA) is 52.7 Å². The van der Waals surface area contributed by atoms with Crippen molar-refractivity contribution in [1.82, 2.24) is 19.6 Å². The van der Waals surface area contributed by atoms with E-state index in [1.54, 1.807) is 28.7 Å². The second-order valence-corrected chi connectivity index (χ2v) is 3.87. The maximum Gasteiger partial charge on any atom is 0.216 e. The molecule has 0 aromatic carbocycles. The number of carbonyl (C=O) groups is 1. The molecule has 0 saturated carbocycles. The summed E-state index contributed by atoms with van der Waals surface area (Å²) in [5, 5.41) is 8.33. The fraction of sp³-hybridized carbons (Fsp3) is 0.364. The van der Waals surface area contributed by atoms with Gasteiger partial charge in [-0.3, -0.25) is 14.2 Å². The van der Waals surface area contributed by atoms with Crippen molar-refractivity contribution in [1.29, 1.82) is 0 Å². The molecule has 0 aliphatic heterocycles. The molecule has 5 heteroatoms. The quantitative estimate of drug-likeness (QED) is 0.707. The Morgan fingerprint density at radius 1 is 1.25 bits per heavy atom. The summed E-state index contributed by atoms with van der Waals surface area (Å²) in [5.74, 6) is -0.0660. The second-order valence-electron chi connectivity index (χ2n) is 3.87. The Labute approximate surface area is 93.7 Å². The van der Waals surface area contributed by atoms with Crippen molar-refractivity contribution in [2.24, 2.45) is 14.1 Å². The zero-order valence-corrected chi connectivity index (χ0v) is 9.85. The highest BCUT2D eigenvalue weighted by molar-refractivity contribution is 6.09. The third-order valence-electron chi connectivity index (χ3n) is 2.68. The second kappa shape index (κ2) is 3.59. The minimum Gasteiger partial charge on any atom is -0.287 e. The van der Waals surface area contributed by atoms with E-state index in [4.69, 9.17) is 0 Å². The molecule has 2 heterocycles. The molecule has 0 bridgehead atoms. The normalized spacial score (nSPS) is 10.8. The molecule has 5 nitrogen and oxygen atoms in total. The first-order valence-corrected chi connectivity index (χ1v) is 5.05. The molecule has 0 N–H and O–H groups in total. The van der Waals surface area contributed by atoms with E-state index in [2.05, 4.69) is 10.2 Å². The molecule has 0 aliphatic carbocycles. The summed E-state index contributed by atoms with van der Waals surface area (Å²) >= 11 is 0. The van der Waals surface area contributed by atoms with Crippen LogP contribution in [0.1, 0.15) is 27.4 Å². The van der Waals surface area contributed by atoms with E-state index in [1.807, 2.05) is 20.9 Å². The summed E-state index contributed by atoms with van der Waals surface area (Å²) in [6, 6.07) is 1.72. The predicted octanol–water partition coefficient (Wildman–Crippen LogP) is 1.00. The Bertz CT molecular complexity index is 550. The lowest BCUT2D eigenvalue weighted by Crippen LogP contribution is -2.06. The average molecular weight is 218 g/mol. The van der Waals surface area contributed by atoms with Gasteiger partial charge in [0.1, 0.15) is 5.69 Å². The van der Waals surface area contributed by atoms with Gasteiger partial charge in [0.15, 0.2) is 0 Å². The van der Waals surface area contributed by atoms with E-state index >= 15 is 0 Å². The van der Waals surface area contributed by atoms with Crippen molar-refractivity contribution < 1.29 is 4.79 Å². The number of aryl methyl sites for hydroxylation is 3. The standard InChI is InChI=1S/C11H14N4O/c1-7-10(8(2)15(4)12-7)11(16)9-5-6-14(3)13-9/h5-6H,1-4H3. The van der Waals surface area contributed by atoms with Crippen LogP contribution in [0.15, 0.2) is 12.3 Å². The highest BCUT2D eigenvalue weighted by atomic mass is 16.1. The lowest BCUT2D eigenvalue weighted by molar-refractivity contribution is 0.103. The first-order valence-electron chi connectivity index (χ1n) is 5.05. The van der Waals surface area contributed by atoms with Crippen molar-refractivity contribution >= 4 is 5.78 Å². The van der Waals surface area contributed by atoms with Crippen LogP contribution in [-0.4, -0.2) is 25.3 Å². The molecule has 2 aromatic heterocycles. The lowest BCUT2D eigenvalue weighted by Gasteiger charge is -1.98. The summed E-state index contributed by atoms with van der Waals surface area (Å²) < 4.78 is 3.33. The lowest BCUT2D eigenvalue weighted by atomic mass is 10.1. The number of carbonyl (C=O) groups excluding carboxylic acids is 1. The van der Waals surface area contributed by atoms with Gasteiger partial charge in [-0.2, -0.15) is 10.2 Å². The minimum absolute atomic E-state index is 0.0660. The Hall–Kier alpha value is -1.91. The molecular formula is C11H14N4O. The van der Waals surface area contributed by atoms with Crippen LogP contribution in [0.25, 0.3) is 0 Å². The maximum atomic E-state index is 12.2. The van der Waals surface area contributed by atoms with Crippen LogP contribution in [0, 0.1) is 13.8 Å². The van der Waals surface area contributed by atoms with Crippen LogP contribution in [0.5, 0.6) is 0 Å². The SMILES string of the molecule is Cc1nn(C)c(C)c1C(=O)c1ccn(C)n1. The van der Waals surface area contributed by atoms with Crippen molar-refractivity contribution in [2.75, 3.05) is 0 Å². The van der Waals surface area contributed by atoms with Gasteiger partial charge >= 0.3 is 0 Å². The van der Waals surface area contributed by atoms with Gasteiger partial charge in [-0.15, -0.1) is 0 Å². The van der Waals surface area contributed by atoms with Crippen molar-refractivity contribution in [3.63, 3.8) is 0 Å². The van der Waals surface area contributed by atoms with E-state index < -0.39 is 0 Å². The Morgan fingerprint density at radius 3 is 2.38 bits per heavy atom. The molecular weight excluding hydrogens is 204 g/mol. The summed E-state index contributed by atoms with van der Waals surface area (Å²) in [6.07, 6.45) is 1.76. The molecule has 0 unspecified atom stereocenters. The molecule has 2 aromatic rings. The molecule has 0 aliphatic rings. The van der Waals surface area contributed by atoms with Gasteiger partial charge in [-0.1, -0.05) is 0 Å². The van der Waals surface area contributed by atoms with Gasteiger partial charge < -0.3 is 0 Å². The highest BCUT2D eigenvalue weighted by Crippen LogP contribution is 2.15. The first kappa shape index (κ1) is 10.6. The number of rotatable bonds is 2. The van der Waals surface area contributed by atoms with E-state index in [-0.39, 0.29) is 5.78 Å². The molecule has 0 amide bonds. The van der Waals surface area contributed by atoms with Gasteiger partial charge in [-0.05, 0) is 19.9 Å². The summed E-state index contributed by atoms with van der Waals surface area (Å²) in [6.45, 7) is 3.72. The van der Waals surface area contributed by atoms with Crippen molar-refractivity contribution in [2.45, 2.75) is 13.8 Å². The molecule has 0 atom stereocenters. The van der Waals surface area contributed by atoms with Crippen LogP contribution in [0.2, 0.25) is 0 Å². The van der Waals surface area contributed by atoms with Crippen LogP contribution >= 0.6 is 0 Å². The van der Waals surface area contributed by atoms with Gasteiger partial charge in [0.25, 0.3) is 0 Å². The van der Waals surface area contributed by atoms with Crippen LogP contribution in [0.3, 0.4) is 0 Å².